The first kappa shape index (κ1) is 13.4. The molecule has 0 saturated heterocycles. The summed E-state index contributed by atoms with van der Waals surface area (Å²) >= 11 is 2.16. The molecule has 0 radical (unpaired) electrons. The van der Waals surface area contributed by atoms with Crippen molar-refractivity contribution in [1.82, 2.24) is 9.97 Å². The molecule has 84 valence electrons. The molecule has 2 nitrogen and oxygen atoms in total. The number of aryl methyl sites for hydroxylation is 1. The van der Waals surface area contributed by atoms with Crippen LogP contribution in [0.5, 0.6) is 0 Å². The third kappa shape index (κ3) is 3.42. The number of hydrogen-bond acceptors (Lipinski definition) is 2. The van der Waals surface area contributed by atoms with E-state index in [1.54, 1.807) is 0 Å². The predicted molar refractivity (Wildman–Crippen MR) is 80.7 cm³/mol. The zero-order valence-electron chi connectivity index (χ0n) is 9.47. The summed E-state index contributed by atoms with van der Waals surface area (Å²) in [6, 6.07) is 6.00. The molecule has 0 aliphatic carbocycles. The third-order valence-electron chi connectivity index (χ3n) is 1.83. The quantitative estimate of drug-likeness (QED) is 0.571. The van der Waals surface area contributed by atoms with Crippen LogP contribution < -0.4 is 0 Å². The maximum Gasteiger partial charge on any atom is 0.104 e. The lowest BCUT2D eigenvalue weighted by Crippen LogP contribution is -1.74. The molecule has 2 aromatic rings. The molecule has 2 rings (SSSR count). The Morgan fingerprint density at radius 1 is 1.38 bits per heavy atom. The maximum absolute atomic E-state index is 4.32. The van der Waals surface area contributed by atoms with Gasteiger partial charge in [-0.15, -0.1) is 0 Å². The topological polar surface area (TPSA) is 28.7 Å². The van der Waals surface area contributed by atoms with Gasteiger partial charge >= 0.3 is 0 Å². The van der Waals surface area contributed by atoms with Crippen molar-refractivity contribution in [2.24, 2.45) is 0 Å². The molecule has 0 spiro atoms. The number of fused-ring (bicyclic) bond motifs is 1. The molecule has 0 atom stereocenters. The summed E-state index contributed by atoms with van der Waals surface area (Å²) in [5.74, 6) is 3.99. The first-order valence-electron chi connectivity index (χ1n) is 5.04. The summed E-state index contributed by atoms with van der Waals surface area (Å²) < 4.78 is 0. The van der Waals surface area contributed by atoms with E-state index in [1.165, 1.54) is 8.93 Å². The van der Waals surface area contributed by atoms with Crippen LogP contribution in [0, 0.1) is 18.1 Å². The second-order valence-corrected chi connectivity index (χ2v) is 4.54. The van der Waals surface area contributed by atoms with Crippen LogP contribution >= 0.6 is 30.1 Å². The van der Waals surface area contributed by atoms with Gasteiger partial charge in [-0.2, -0.15) is 0 Å². The number of hydrogen-bond donors (Lipinski definition) is 1. The smallest absolute Gasteiger partial charge is 0.104 e. The van der Waals surface area contributed by atoms with Gasteiger partial charge < -0.3 is 4.98 Å². The van der Waals surface area contributed by atoms with E-state index in [4.69, 9.17) is 0 Å². The highest BCUT2D eigenvalue weighted by atomic mass is 127. The minimum Gasteiger partial charge on any atom is -0.342 e. The van der Waals surface area contributed by atoms with Crippen molar-refractivity contribution in [2.45, 2.75) is 20.8 Å². The van der Waals surface area contributed by atoms with Crippen LogP contribution in [0.4, 0.5) is 0 Å². The largest absolute Gasteiger partial charge is 0.342 e. The molecule has 0 amide bonds. The summed E-state index contributed by atoms with van der Waals surface area (Å²) in [7, 11) is 1.49. The number of aromatic amines is 1. The number of aromatic nitrogens is 2. The lowest BCUT2D eigenvalue weighted by molar-refractivity contribution is 1.17. The number of benzene rings is 1. The Morgan fingerprint density at radius 2 is 2.12 bits per heavy atom. The molecule has 0 unspecified atom stereocenters. The molecule has 0 saturated carbocycles. The van der Waals surface area contributed by atoms with Gasteiger partial charge in [-0.1, -0.05) is 19.8 Å². The Bertz CT molecular complexity index is 523. The number of rotatable bonds is 0. The van der Waals surface area contributed by atoms with Crippen LogP contribution in [0.25, 0.3) is 11.0 Å². The van der Waals surface area contributed by atoms with Crippen molar-refractivity contribution in [3.8, 4) is 11.2 Å². The lowest BCUT2D eigenvalue weighted by Gasteiger charge is -1.89. The van der Waals surface area contributed by atoms with Gasteiger partial charge in [-0.3, -0.25) is 0 Å². The Labute approximate surface area is 112 Å². The van der Waals surface area contributed by atoms with Crippen LogP contribution in [-0.4, -0.2) is 9.97 Å². The molecule has 4 heteroatoms. The van der Waals surface area contributed by atoms with Gasteiger partial charge in [0.15, 0.2) is 0 Å². The monoisotopic (exact) mass is 344 g/mol. The first-order valence-corrected chi connectivity index (χ1v) is 8.40. The molecule has 1 aromatic heterocycles. The van der Waals surface area contributed by atoms with E-state index in [1.807, 2.05) is 39.0 Å². The molecule has 0 bridgehead atoms. The van der Waals surface area contributed by atoms with Crippen LogP contribution in [0.15, 0.2) is 18.2 Å². The lowest BCUT2D eigenvalue weighted by atomic mass is 10.2. The van der Waals surface area contributed by atoms with Crippen molar-refractivity contribution in [3.05, 3.63) is 29.6 Å². The van der Waals surface area contributed by atoms with E-state index >= 15 is 0 Å². The SMILES string of the molecule is CC.Cc1nc2ccc(C#CSI)cc2[nH]1. The van der Waals surface area contributed by atoms with Gasteiger partial charge in [0.25, 0.3) is 0 Å². The Morgan fingerprint density at radius 3 is 2.81 bits per heavy atom. The summed E-state index contributed by atoms with van der Waals surface area (Å²) in [6.07, 6.45) is 0. The molecule has 0 aliphatic rings. The minimum atomic E-state index is 0.938. The molecule has 0 aliphatic heterocycles. The Balaban J connectivity index is 0.000000606. The third-order valence-corrected chi connectivity index (χ3v) is 2.67. The molecular weight excluding hydrogens is 331 g/mol. The van der Waals surface area contributed by atoms with Gasteiger partial charge in [-0.05, 0) is 39.3 Å². The second-order valence-electron chi connectivity index (χ2n) is 2.86. The number of imidazole rings is 1. The zero-order chi connectivity index (χ0) is 12.0. The Hall–Kier alpha value is -0.670. The van der Waals surface area contributed by atoms with Crippen LogP contribution in [0.1, 0.15) is 25.2 Å². The second kappa shape index (κ2) is 6.81. The van der Waals surface area contributed by atoms with Gasteiger partial charge in [0.1, 0.15) is 5.82 Å². The maximum atomic E-state index is 4.32. The summed E-state index contributed by atoms with van der Waals surface area (Å²) in [5.41, 5.74) is 3.06. The fourth-order valence-electron chi connectivity index (χ4n) is 1.29. The zero-order valence-corrected chi connectivity index (χ0v) is 12.4. The normalized spacial score (nSPS) is 9.00. The highest BCUT2D eigenvalue weighted by Gasteiger charge is 1.98. The highest BCUT2D eigenvalue weighted by molar-refractivity contribution is 14.2. The first-order chi connectivity index (χ1) is 7.79. The van der Waals surface area contributed by atoms with E-state index in [-0.39, 0.29) is 0 Å². The van der Waals surface area contributed by atoms with Crippen LogP contribution in [0.2, 0.25) is 0 Å². The van der Waals surface area contributed by atoms with Crippen molar-refractivity contribution in [3.63, 3.8) is 0 Å². The minimum absolute atomic E-state index is 0.938. The van der Waals surface area contributed by atoms with E-state index in [2.05, 4.69) is 42.3 Å². The fraction of sp³-hybridized carbons (Fsp3) is 0.250. The average Bonchev–Trinajstić information content (AvgIpc) is 2.68. The van der Waals surface area contributed by atoms with E-state index in [0.717, 1.165) is 22.4 Å². The van der Waals surface area contributed by atoms with Gasteiger partial charge in [0.05, 0.1) is 11.0 Å². The summed E-state index contributed by atoms with van der Waals surface area (Å²) in [6.45, 7) is 5.95. The van der Waals surface area contributed by atoms with Gasteiger partial charge in [0.2, 0.25) is 0 Å². The highest BCUT2D eigenvalue weighted by Crippen LogP contribution is 2.13. The summed E-state index contributed by atoms with van der Waals surface area (Å²) in [5, 5.41) is 2.96. The Kier molecular flexibility index (Phi) is 5.71. The standard InChI is InChI=1S/C10H7IN2S.C2H6/c1-7-12-9-3-2-8(4-5-14-11)6-10(9)13-7;1-2/h2-3,6H,1H3,(H,12,13);1-2H3. The summed E-state index contributed by atoms with van der Waals surface area (Å²) in [4.78, 5) is 7.51. The molecule has 16 heavy (non-hydrogen) atoms. The number of halogens is 1. The number of nitrogens with zero attached hydrogens (tertiary/aromatic N) is 1. The van der Waals surface area contributed by atoms with Crippen LogP contribution in [0.3, 0.4) is 0 Å². The molecule has 1 N–H and O–H groups in total. The van der Waals surface area contributed by atoms with E-state index < -0.39 is 0 Å². The molecule has 1 heterocycles. The molecular formula is C12H13IN2S. The number of H-pyrrole nitrogens is 1. The van der Waals surface area contributed by atoms with E-state index in [0.29, 0.717) is 0 Å². The van der Waals surface area contributed by atoms with Gasteiger partial charge in [-0.25, -0.2) is 4.98 Å². The fourth-order valence-corrected chi connectivity index (χ4v) is 1.78. The van der Waals surface area contributed by atoms with Crippen molar-refractivity contribution in [1.29, 1.82) is 0 Å². The molecule has 1 aromatic carbocycles. The van der Waals surface area contributed by atoms with Crippen molar-refractivity contribution in [2.75, 3.05) is 0 Å². The van der Waals surface area contributed by atoms with Crippen molar-refractivity contribution >= 4 is 41.2 Å². The van der Waals surface area contributed by atoms with Gasteiger partial charge in [0, 0.05) is 26.8 Å². The van der Waals surface area contributed by atoms with Crippen molar-refractivity contribution < 1.29 is 0 Å². The van der Waals surface area contributed by atoms with Crippen LogP contribution in [-0.2, 0) is 0 Å². The molecule has 0 fully saturated rings. The predicted octanol–water partition coefficient (Wildman–Crippen LogP) is 4.29. The number of nitrogens with one attached hydrogen (secondary N) is 1. The average molecular weight is 344 g/mol. The van der Waals surface area contributed by atoms with E-state index in [9.17, 15) is 0 Å².